The number of fused-ring (bicyclic) bond motifs is 1. The Morgan fingerprint density at radius 1 is 1.55 bits per heavy atom. The summed E-state index contributed by atoms with van der Waals surface area (Å²) in [5.41, 5.74) is 0.923. The van der Waals surface area contributed by atoms with Crippen molar-refractivity contribution in [3.05, 3.63) is 18.2 Å². The molecule has 1 aromatic heterocycles. The van der Waals surface area contributed by atoms with Crippen LogP contribution in [0.4, 0.5) is 5.13 Å². The normalized spacial score (nSPS) is 18.5. The van der Waals surface area contributed by atoms with Gasteiger partial charge in [-0.15, -0.1) is 0 Å². The zero-order valence-electron chi connectivity index (χ0n) is 13.0. The highest BCUT2D eigenvalue weighted by molar-refractivity contribution is 7.22. The molecule has 1 amide bonds. The number of benzene rings is 1. The SMILES string of the molecule is CCOc1cccc2sc(N3CCCC(C(=O)NC)C3)nc12. The lowest BCUT2D eigenvalue weighted by molar-refractivity contribution is -0.124. The molecule has 118 valence electrons. The van der Waals surface area contributed by atoms with E-state index in [-0.39, 0.29) is 11.8 Å². The second-order valence-electron chi connectivity index (χ2n) is 5.43. The average Bonchev–Trinajstić information content (AvgIpc) is 3.00. The fourth-order valence-corrected chi connectivity index (χ4v) is 3.91. The van der Waals surface area contributed by atoms with E-state index >= 15 is 0 Å². The molecule has 1 unspecified atom stereocenters. The number of hydrogen-bond acceptors (Lipinski definition) is 5. The number of carbonyl (C=O) groups excluding carboxylic acids is 1. The largest absolute Gasteiger partial charge is 0.492 e. The summed E-state index contributed by atoms with van der Waals surface area (Å²) >= 11 is 1.67. The summed E-state index contributed by atoms with van der Waals surface area (Å²) in [5, 5.41) is 3.74. The zero-order valence-corrected chi connectivity index (χ0v) is 13.8. The molecule has 1 atom stereocenters. The van der Waals surface area contributed by atoms with Gasteiger partial charge in [0.1, 0.15) is 11.3 Å². The van der Waals surface area contributed by atoms with E-state index in [1.165, 1.54) is 0 Å². The Bertz CT molecular complexity index is 670. The molecule has 0 saturated carbocycles. The number of amides is 1. The molecule has 2 aromatic rings. The van der Waals surface area contributed by atoms with Crippen LogP contribution in [0.15, 0.2) is 18.2 Å². The van der Waals surface area contributed by atoms with Crippen molar-refractivity contribution in [1.82, 2.24) is 10.3 Å². The summed E-state index contributed by atoms with van der Waals surface area (Å²) in [6, 6.07) is 6.02. The number of carbonyl (C=O) groups is 1. The van der Waals surface area contributed by atoms with Crippen LogP contribution in [-0.4, -0.2) is 37.6 Å². The predicted octanol–water partition coefficient (Wildman–Crippen LogP) is 2.66. The highest BCUT2D eigenvalue weighted by Gasteiger charge is 2.27. The van der Waals surface area contributed by atoms with Gasteiger partial charge in [0.15, 0.2) is 5.13 Å². The monoisotopic (exact) mass is 319 g/mol. The van der Waals surface area contributed by atoms with Crippen molar-refractivity contribution >= 4 is 32.6 Å². The number of piperidine rings is 1. The van der Waals surface area contributed by atoms with Gasteiger partial charge in [0, 0.05) is 20.1 Å². The van der Waals surface area contributed by atoms with Gasteiger partial charge in [-0.2, -0.15) is 0 Å². The second-order valence-corrected chi connectivity index (χ2v) is 6.44. The molecule has 0 aliphatic carbocycles. The van der Waals surface area contributed by atoms with Crippen LogP contribution in [0.3, 0.4) is 0 Å². The Morgan fingerprint density at radius 2 is 2.41 bits per heavy atom. The molecule has 3 rings (SSSR count). The molecule has 6 heteroatoms. The highest BCUT2D eigenvalue weighted by atomic mass is 32.1. The first kappa shape index (κ1) is 15.1. The summed E-state index contributed by atoms with van der Waals surface area (Å²) < 4.78 is 6.79. The number of rotatable bonds is 4. The summed E-state index contributed by atoms with van der Waals surface area (Å²) in [4.78, 5) is 18.9. The quantitative estimate of drug-likeness (QED) is 0.941. The van der Waals surface area contributed by atoms with Gasteiger partial charge in [0.05, 0.1) is 17.2 Å². The molecule has 22 heavy (non-hydrogen) atoms. The third-order valence-electron chi connectivity index (χ3n) is 3.98. The Morgan fingerprint density at radius 3 is 3.18 bits per heavy atom. The van der Waals surface area contributed by atoms with Crippen LogP contribution in [0.1, 0.15) is 19.8 Å². The summed E-state index contributed by atoms with van der Waals surface area (Å²) in [7, 11) is 1.70. The first-order valence-electron chi connectivity index (χ1n) is 7.71. The molecule has 1 saturated heterocycles. The van der Waals surface area contributed by atoms with Crippen molar-refractivity contribution in [2.75, 3.05) is 31.6 Å². The van der Waals surface area contributed by atoms with Gasteiger partial charge in [0.25, 0.3) is 0 Å². The van der Waals surface area contributed by atoms with Crippen LogP contribution in [0.2, 0.25) is 0 Å². The van der Waals surface area contributed by atoms with Gasteiger partial charge in [-0.1, -0.05) is 17.4 Å². The van der Waals surface area contributed by atoms with Crippen LogP contribution in [0.5, 0.6) is 5.75 Å². The van der Waals surface area contributed by atoms with Crippen LogP contribution in [0, 0.1) is 5.92 Å². The predicted molar refractivity (Wildman–Crippen MR) is 89.8 cm³/mol. The lowest BCUT2D eigenvalue weighted by Gasteiger charge is -2.31. The zero-order chi connectivity index (χ0) is 15.5. The Kier molecular flexibility index (Phi) is 4.47. The molecule has 1 fully saturated rings. The maximum Gasteiger partial charge on any atom is 0.224 e. The molecule has 0 spiro atoms. The van der Waals surface area contributed by atoms with Gasteiger partial charge >= 0.3 is 0 Å². The van der Waals surface area contributed by atoms with Crippen molar-refractivity contribution in [3.63, 3.8) is 0 Å². The van der Waals surface area contributed by atoms with Gasteiger partial charge in [-0.05, 0) is 31.9 Å². The van der Waals surface area contributed by atoms with Gasteiger partial charge < -0.3 is 15.0 Å². The molecule has 2 heterocycles. The number of nitrogens with zero attached hydrogens (tertiary/aromatic N) is 2. The van der Waals surface area contributed by atoms with Crippen molar-refractivity contribution in [3.8, 4) is 5.75 Å². The summed E-state index contributed by atoms with van der Waals surface area (Å²) in [6.45, 7) is 4.31. The molecule has 1 aliphatic heterocycles. The first-order chi connectivity index (χ1) is 10.7. The van der Waals surface area contributed by atoms with Crippen LogP contribution in [-0.2, 0) is 4.79 Å². The molecule has 0 radical (unpaired) electrons. The Balaban J connectivity index is 1.86. The van der Waals surface area contributed by atoms with Crippen LogP contribution < -0.4 is 15.0 Å². The van der Waals surface area contributed by atoms with E-state index in [1.54, 1.807) is 18.4 Å². The fraction of sp³-hybridized carbons (Fsp3) is 0.500. The van der Waals surface area contributed by atoms with Gasteiger partial charge in [-0.25, -0.2) is 4.98 Å². The fourth-order valence-electron chi connectivity index (χ4n) is 2.89. The van der Waals surface area contributed by atoms with Gasteiger partial charge in [0.2, 0.25) is 5.91 Å². The van der Waals surface area contributed by atoms with Crippen molar-refractivity contribution in [2.45, 2.75) is 19.8 Å². The van der Waals surface area contributed by atoms with E-state index in [1.807, 2.05) is 19.1 Å². The standard InChI is InChI=1S/C16H21N3O2S/c1-3-21-12-7-4-8-13-14(12)18-16(22-13)19-9-5-6-11(10-19)15(20)17-2/h4,7-8,11H,3,5-6,9-10H2,1-2H3,(H,17,20). The third kappa shape index (κ3) is 2.88. The van der Waals surface area contributed by atoms with E-state index in [0.29, 0.717) is 6.61 Å². The number of aromatic nitrogens is 1. The minimum atomic E-state index is 0.0529. The maximum absolute atomic E-state index is 11.9. The third-order valence-corrected chi connectivity index (χ3v) is 5.06. The maximum atomic E-state index is 11.9. The molecule has 1 aromatic carbocycles. The van der Waals surface area contributed by atoms with Gasteiger partial charge in [-0.3, -0.25) is 4.79 Å². The van der Waals surface area contributed by atoms with E-state index in [9.17, 15) is 4.79 Å². The van der Waals surface area contributed by atoms with E-state index in [2.05, 4.69) is 16.3 Å². The topological polar surface area (TPSA) is 54.5 Å². The van der Waals surface area contributed by atoms with E-state index in [0.717, 1.165) is 47.0 Å². The van der Waals surface area contributed by atoms with E-state index < -0.39 is 0 Å². The van der Waals surface area contributed by atoms with Crippen molar-refractivity contribution in [2.24, 2.45) is 5.92 Å². The first-order valence-corrected chi connectivity index (χ1v) is 8.53. The minimum absolute atomic E-state index is 0.0529. The van der Waals surface area contributed by atoms with Crippen LogP contribution >= 0.6 is 11.3 Å². The Hall–Kier alpha value is -1.82. The lowest BCUT2D eigenvalue weighted by Crippen LogP contribution is -2.42. The smallest absolute Gasteiger partial charge is 0.224 e. The molecular formula is C16H21N3O2S. The summed E-state index contributed by atoms with van der Waals surface area (Å²) in [6.07, 6.45) is 1.97. The number of ether oxygens (including phenoxy) is 1. The summed E-state index contributed by atoms with van der Waals surface area (Å²) in [5.74, 6) is 1.01. The highest BCUT2D eigenvalue weighted by Crippen LogP contribution is 2.35. The van der Waals surface area contributed by atoms with Crippen LogP contribution in [0.25, 0.3) is 10.2 Å². The molecule has 0 bridgehead atoms. The van der Waals surface area contributed by atoms with E-state index in [4.69, 9.17) is 9.72 Å². The number of thiazole rings is 1. The second kappa shape index (κ2) is 6.52. The molecule has 1 aliphatic rings. The molecular weight excluding hydrogens is 298 g/mol. The Labute approximate surface area is 134 Å². The minimum Gasteiger partial charge on any atom is -0.492 e. The molecule has 5 nitrogen and oxygen atoms in total. The van der Waals surface area contributed by atoms with Crippen molar-refractivity contribution in [1.29, 1.82) is 0 Å². The van der Waals surface area contributed by atoms with Crippen molar-refractivity contribution < 1.29 is 9.53 Å². The number of nitrogens with one attached hydrogen (secondary N) is 1. The number of hydrogen-bond donors (Lipinski definition) is 1. The lowest BCUT2D eigenvalue weighted by atomic mass is 9.98. The number of para-hydroxylation sites is 1. The average molecular weight is 319 g/mol. The number of anilines is 1. The molecule has 1 N–H and O–H groups in total.